The zero-order valence-electron chi connectivity index (χ0n) is 11.0. The van der Waals surface area contributed by atoms with Crippen molar-refractivity contribution in [1.29, 1.82) is 0 Å². The summed E-state index contributed by atoms with van der Waals surface area (Å²) >= 11 is 6.26. The molecule has 0 saturated heterocycles. The van der Waals surface area contributed by atoms with Crippen molar-refractivity contribution in [3.05, 3.63) is 58.5 Å². The van der Waals surface area contributed by atoms with Gasteiger partial charge in [-0.15, -0.1) is 0 Å². The standard InChI is InChI=1S/C16H18ClNO/c1-11(12-5-2-3-6-14(12)17)18-15-7-4-8-16-13(15)9-10-19-16/h2-3,5-6,9-11,15,18H,4,7-8H2,1H3/t11-,15?/m1/s1. The number of furan rings is 1. The van der Waals surface area contributed by atoms with Gasteiger partial charge in [-0.05, 0) is 37.5 Å². The van der Waals surface area contributed by atoms with Gasteiger partial charge >= 0.3 is 0 Å². The number of aryl methyl sites for hydroxylation is 1. The first-order chi connectivity index (χ1) is 9.25. The Kier molecular flexibility index (Phi) is 3.63. The van der Waals surface area contributed by atoms with Gasteiger partial charge in [0, 0.05) is 29.1 Å². The van der Waals surface area contributed by atoms with E-state index in [1.165, 1.54) is 12.0 Å². The van der Waals surface area contributed by atoms with Crippen molar-refractivity contribution >= 4 is 11.6 Å². The summed E-state index contributed by atoms with van der Waals surface area (Å²) in [5.41, 5.74) is 2.46. The van der Waals surface area contributed by atoms with Crippen LogP contribution in [0.15, 0.2) is 41.0 Å². The van der Waals surface area contributed by atoms with Crippen LogP contribution in [0.25, 0.3) is 0 Å². The van der Waals surface area contributed by atoms with Crippen LogP contribution < -0.4 is 5.32 Å². The van der Waals surface area contributed by atoms with E-state index in [-0.39, 0.29) is 6.04 Å². The molecule has 3 rings (SSSR count). The summed E-state index contributed by atoms with van der Waals surface area (Å²) in [5, 5.41) is 4.50. The normalized spacial score (nSPS) is 20.0. The van der Waals surface area contributed by atoms with Gasteiger partial charge in [0.05, 0.1) is 6.26 Å². The number of hydrogen-bond donors (Lipinski definition) is 1. The molecule has 2 atom stereocenters. The summed E-state index contributed by atoms with van der Waals surface area (Å²) in [4.78, 5) is 0. The van der Waals surface area contributed by atoms with Crippen LogP contribution >= 0.6 is 11.6 Å². The molecule has 2 aromatic rings. The van der Waals surface area contributed by atoms with E-state index in [2.05, 4.69) is 24.4 Å². The Morgan fingerprint density at radius 2 is 2.16 bits per heavy atom. The Balaban J connectivity index is 1.78. The van der Waals surface area contributed by atoms with E-state index in [9.17, 15) is 0 Å². The van der Waals surface area contributed by atoms with Crippen LogP contribution in [-0.2, 0) is 6.42 Å². The average Bonchev–Trinajstić information content (AvgIpc) is 2.88. The smallest absolute Gasteiger partial charge is 0.108 e. The maximum Gasteiger partial charge on any atom is 0.108 e. The van der Waals surface area contributed by atoms with Gasteiger partial charge in [0.2, 0.25) is 0 Å². The summed E-state index contributed by atoms with van der Waals surface area (Å²) in [7, 11) is 0. The number of rotatable bonds is 3. The second-order valence-corrected chi connectivity index (χ2v) is 5.56. The van der Waals surface area contributed by atoms with Crippen LogP contribution in [0.2, 0.25) is 5.02 Å². The molecule has 0 bridgehead atoms. The Morgan fingerprint density at radius 3 is 3.00 bits per heavy atom. The van der Waals surface area contributed by atoms with Gasteiger partial charge in [-0.2, -0.15) is 0 Å². The van der Waals surface area contributed by atoms with Crippen LogP contribution in [0.4, 0.5) is 0 Å². The highest BCUT2D eigenvalue weighted by Gasteiger charge is 2.24. The SMILES string of the molecule is C[C@@H](NC1CCCc2occc21)c1ccccc1Cl. The van der Waals surface area contributed by atoms with Crippen LogP contribution in [-0.4, -0.2) is 0 Å². The molecule has 1 N–H and O–H groups in total. The van der Waals surface area contributed by atoms with Crippen molar-refractivity contribution in [3.63, 3.8) is 0 Å². The van der Waals surface area contributed by atoms with Crippen molar-refractivity contribution < 1.29 is 4.42 Å². The van der Waals surface area contributed by atoms with E-state index in [0.717, 1.165) is 29.2 Å². The highest BCUT2D eigenvalue weighted by molar-refractivity contribution is 6.31. The summed E-state index contributed by atoms with van der Waals surface area (Å²) in [6.45, 7) is 2.16. The molecule has 0 radical (unpaired) electrons. The quantitative estimate of drug-likeness (QED) is 0.881. The molecular formula is C16H18ClNO. The first-order valence-electron chi connectivity index (χ1n) is 6.82. The lowest BCUT2D eigenvalue weighted by atomic mass is 9.92. The predicted octanol–water partition coefficient (Wildman–Crippen LogP) is 4.66. The van der Waals surface area contributed by atoms with Gasteiger partial charge in [-0.1, -0.05) is 29.8 Å². The molecule has 2 nitrogen and oxygen atoms in total. The Morgan fingerprint density at radius 1 is 1.32 bits per heavy atom. The highest BCUT2D eigenvalue weighted by atomic mass is 35.5. The number of benzene rings is 1. The molecule has 1 aromatic heterocycles. The van der Waals surface area contributed by atoms with E-state index >= 15 is 0 Å². The van der Waals surface area contributed by atoms with Gasteiger partial charge in [-0.25, -0.2) is 0 Å². The monoisotopic (exact) mass is 275 g/mol. The minimum absolute atomic E-state index is 0.236. The fourth-order valence-electron chi connectivity index (χ4n) is 2.88. The van der Waals surface area contributed by atoms with Crippen molar-refractivity contribution in [1.82, 2.24) is 5.32 Å². The lowest BCUT2D eigenvalue weighted by Crippen LogP contribution is -2.27. The van der Waals surface area contributed by atoms with E-state index in [1.54, 1.807) is 6.26 Å². The van der Waals surface area contributed by atoms with Crippen LogP contribution in [0.3, 0.4) is 0 Å². The zero-order valence-corrected chi connectivity index (χ0v) is 11.8. The molecule has 3 heteroatoms. The van der Waals surface area contributed by atoms with Crippen molar-refractivity contribution in [2.45, 2.75) is 38.3 Å². The molecule has 1 unspecified atom stereocenters. The molecule has 19 heavy (non-hydrogen) atoms. The minimum Gasteiger partial charge on any atom is -0.469 e. The summed E-state index contributed by atoms with van der Waals surface area (Å²) in [6.07, 6.45) is 5.18. The third kappa shape index (κ3) is 2.56. The van der Waals surface area contributed by atoms with Crippen LogP contribution in [0.5, 0.6) is 0 Å². The number of hydrogen-bond acceptors (Lipinski definition) is 2. The van der Waals surface area contributed by atoms with E-state index in [4.69, 9.17) is 16.0 Å². The van der Waals surface area contributed by atoms with Crippen molar-refractivity contribution in [3.8, 4) is 0 Å². The molecular weight excluding hydrogens is 258 g/mol. The Labute approximate surface area is 118 Å². The Hall–Kier alpha value is -1.25. The fraction of sp³-hybridized carbons (Fsp3) is 0.375. The highest BCUT2D eigenvalue weighted by Crippen LogP contribution is 2.33. The molecule has 0 spiro atoms. The topological polar surface area (TPSA) is 25.2 Å². The largest absolute Gasteiger partial charge is 0.469 e. The van der Waals surface area contributed by atoms with Gasteiger partial charge in [0.15, 0.2) is 0 Å². The first-order valence-corrected chi connectivity index (χ1v) is 7.20. The number of fused-ring (bicyclic) bond motifs is 1. The first kappa shape index (κ1) is 12.8. The van der Waals surface area contributed by atoms with Crippen molar-refractivity contribution in [2.24, 2.45) is 0 Å². The van der Waals surface area contributed by atoms with Gasteiger partial charge in [0.25, 0.3) is 0 Å². The molecule has 0 saturated carbocycles. The van der Waals surface area contributed by atoms with E-state index in [0.29, 0.717) is 6.04 Å². The molecule has 100 valence electrons. The van der Waals surface area contributed by atoms with E-state index < -0.39 is 0 Å². The lowest BCUT2D eigenvalue weighted by Gasteiger charge is -2.27. The molecule has 1 aliphatic rings. The zero-order chi connectivity index (χ0) is 13.2. The molecule has 1 heterocycles. The fourth-order valence-corrected chi connectivity index (χ4v) is 3.18. The molecule has 1 aliphatic carbocycles. The second-order valence-electron chi connectivity index (χ2n) is 5.15. The third-order valence-corrected chi connectivity index (χ3v) is 4.22. The molecule has 0 fully saturated rings. The average molecular weight is 276 g/mol. The minimum atomic E-state index is 0.236. The lowest BCUT2D eigenvalue weighted by molar-refractivity contribution is 0.386. The predicted molar refractivity (Wildman–Crippen MR) is 77.4 cm³/mol. The number of nitrogens with one attached hydrogen (secondary N) is 1. The van der Waals surface area contributed by atoms with Gasteiger partial charge in [-0.3, -0.25) is 0 Å². The van der Waals surface area contributed by atoms with Crippen LogP contribution in [0.1, 0.15) is 48.7 Å². The maximum absolute atomic E-state index is 6.26. The van der Waals surface area contributed by atoms with Gasteiger partial charge < -0.3 is 9.73 Å². The molecule has 0 amide bonds. The second kappa shape index (κ2) is 5.40. The summed E-state index contributed by atoms with van der Waals surface area (Å²) in [6, 6.07) is 10.7. The van der Waals surface area contributed by atoms with Crippen molar-refractivity contribution in [2.75, 3.05) is 0 Å². The molecule has 0 aliphatic heterocycles. The summed E-state index contributed by atoms with van der Waals surface area (Å²) < 4.78 is 5.53. The summed E-state index contributed by atoms with van der Waals surface area (Å²) in [5.74, 6) is 1.13. The third-order valence-electron chi connectivity index (χ3n) is 3.87. The van der Waals surface area contributed by atoms with E-state index in [1.807, 2.05) is 18.2 Å². The maximum atomic E-state index is 6.26. The number of halogens is 1. The Bertz CT molecular complexity index is 563. The van der Waals surface area contributed by atoms with Gasteiger partial charge in [0.1, 0.15) is 5.76 Å². The molecule has 1 aromatic carbocycles. The van der Waals surface area contributed by atoms with Crippen LogP contribution in [0, 0.1) is 0 Å².